The number of rotatable bonds is 6. The minimum absolute atomic E-state index is 0.168. The van der Waals surface area contributed by atoms with E-state index in [1.54, 1.807) is 6.92 Å². The molecule has 0 fully saturated rings. The van der Waals surface area contributed by atoms with Crippen molar-refractivity contribution < 1.29 is 27.9 Å². The molecule has 1 aromatic rings. The van der Waals surface area contributed by atoms with Gasteiger partial charge in [-0.05, 0) is 23.6 Å². The van der Waals surface area contributed by atoms with Crippen molar-refractivity contribution in [1.82, 2.24) is 5.32 Å². The van der Waals surface area contributed by atoms with Crippen LogP contribution in [0.15, 0.2) is 24.3 Å². The first-order valence-corrected chi connectivity index (χ1v) is 6.83. The van der Waals surface area contributed by atoms with Crippen LogP contribution in [-0.4, -0.2) is 23.0 Å². The number of aliphatic carboxylic acids is 1. The van der Waals surface area contributed by atoms with E-state index in [2.05, 4.69) is 5.32 Å². The highest BCUT2D eigenvalue weighted by Crippen LogP contribution is 2.29. The number of carboxylic acids is 1. The molecule has 1 rings (SSSR count). The largest absolute Gasteiger partial charge is 0.480 e. The summed E-state index contributed by atoms with van der Waals surface area (Å²) in [5.74, 6) is -1.91. The number of benzene rings is 1. The van der Waals surface area contributed by atoms with Crippen LogP contribution in [0.5, 0.6) is 0 Å². The van der Waals surface area contributed by atoms with Gasteiger partial charge >= 0.3 is 12.1 Å². The third-order valence-electron chi connectivity index (χ3n) is 3.44. The minimum atomic E-state index is -4.42. The molecule has 1 amide bonds. The number of hydrogen-bond donors (Lipinski definition) is 2. The monoisotopic (exact) mass is 317 g/mol. The van der Waals surface area contributed by atoms with Gasteiger partial charge in [0, 0.05) is 0 Å². The molecule has 0 heterocycles. The summed E-state index contributed by atoms with van der Waals surface area (Å²) in [6, 6.07) is 3.20. The van der Waals surface area contributed by atoms with E-state index in [0.717, 1.165) is 12.1 Å². The second kappa shape index (κ2) is 7.29. The molecule has 1 aromatic carbocycles. The van der Waals surface area contributed by atoms with Gasteiger partial charge in [-0.1, -0.05) is 32.4 Å². The molecule has 0 aliphatic heterocycles. The van der Waals surface area contributed by atoms with Gasteiger partial charge in [0.1, 0.15) is 6.04 Å². The molecule has 0 aromatic heterocycles. The number of carbonyl (C=O) groups excluding carboxylic acids is 1. The zero-order valence-corrected chi connectivity index (χ0v) is 12.3. The normalized spacial score (nSPS) is 14.2. The zero-order chi connectivity index (χ0) is 16.9. The van der Waals surface area contributed by atoms with Crippen molar-refractivity contribution in [3.63, 3.8) is 0 Å². The van der Waals surface area contributed by atoms with Gasteiger partial charge in [0.25, 0.3) is 0 Å². The molecule has 22 heavy (non-hydrogen) atoms. The fourth-order valence-electron chi connectivity index (χ4n) is 1.90. The van der Waals surface area contributed by atoms with Crippen LogP contribution in [0.3, 0.4) is 0 Å². The number of carbonyl (C=O) groups is 2. The summed E-state index contributed by atoms with van der Waals surface area (Å²) in [7, 11) is 0. The number of hydrogen-bond acceptors (Lipinski definition) is 2. The third kappa shape index (κ3) is 5.05. The Balaban J connectivity index is 2.70. The van der Waals surface area contributed by atoms with Crippen LogP contribution in [0, 0.1) is 5.92 Å². The fraction of sp³-hybridized carbons (Fsp3) is 0.467. The Kier molecular flexibility index (Phi) is 5.96. The molecule has 0 aliphatic rings. The number of nitrogens with one attached hydrogen (secondary N) is 1. The van der Waals surface area contributed by atoms with E-state index >= 15 is 0 Å². The van der Waals surface area contributed by atoms with Crippen molar-refractivity contribution in [3.8, 4) is 0 Å². The van der Waals surface area contributed by atoms with Crippen LogP contribution in [0.4, 0.5) is 13.2 Å². The summed E-state index contributed by atoms with van der Waals surface area (Å²) in [6.07, 6.45) is -4.01. The summed E-state index contributed by atoms with van der Waals surface area (Å²) in [5, 5.41) is 11.5. The molecule has 0 saturated heterocycles. The van der Waals surface area contributed by atoms with Gasteiger partial charge in [-0.15, -0.1) is 0 Å². The maximum absolute atomic E-state index is 12.4. The standard InChI is InChI=1S/C15H18F3NO3/c1-3-9(2)13(14(21)22)19-12(20)8-10-4-6-11(7-5-10)15(16,17)18/h4-7,9,13H,3,8H2,1-2H3,(H,19,20)(H,21,22)/t9-,13+/m0/s1. The lowest BCUT2D eigenvalue weighted by atomic mass is 9.99. The fourth-order valence-corrected chi connectivity index (χ4v) is 1.90. The number of amides is 1. The number of carboxylic acid groups (broad SMARTS) is 1. The van der Waals surface area contributed by atoms with Gasteiger partial charge in [-0.25, -0.2) is 4.79 Å². The molecule has 122 valence electrons. The van der Waals surface area contributed by atoms with Crippen LogP contribution in [-0.2, 0) is 22.2 Å². The van der Waals surface area contributed by atoms with Crippen LogP contribution < -0.4 is 5.32 Å². The van der Waals surface area contributed by atoms with E-state index in [4.69, 9.17) is 5.11 Å². The van der Waals surface area contributed by atoms with E-state index in [1.165, 1.54) is 12.1 Å². The van der Waals surface area contributed by atoms with Crippen LogP contribution in [0.25, 0.3) is 0 Å². The third-order valence-corrected chi connectivity index (χ3v) is 3.44. The molecule has 0 saturated carbocycles. The van der Waals surface area contributed by atoms with Gasteiger partial charge in [0.05, 0.1) is 12.0 Å². The highest BCUT2D eigenvalue weighted by atomic mass is 19.4. The minimum Gasteiger partial charge on any atom is -0.480 e. The average molecular weight is 317 g/mol. The second-order valence-electron chi connectivity index (χ2n) is 5.14. The van der Waals surface area contributed by atoms with E-state index < -0.39 is 29.7 Å². The van der Waals surface area contributed by atoms with E-state index in [0.29, 0.717) is 12.0 Å². The van der Waals surface area contributed by atoms with Crippen molar-refractivity contribution in [2.75, 3.05) is 0 Å². The summed E-state index contributed by atoms with van der Waals surface area (Å²) >= 11 is 0. The molecule has 0 bridgehead atoms. The second-order valence-corrected chi connectivity index (χ2v) is 5.14. The molecule has 0 unspecified atom stereocenters. The SMILES string of the molecule is CC[C@H](C)[C@@H](NC(=O)Cc1ccc(C(F)(F)F)cc1)C(=O)O. The lowest BCUT2D eigenvalue weighted by Crippen LogP contribution is -2.45. The first-order chi connectivity index (χ1) is 10.1. The Morgan fingerprint density at radius 1 is 1.23 bits per heavy atom. The Labute approximate surface area is 126 Å². The van der Waals surface area contributed by atoms with Crippen molar-refractivity contribution in [2.45, 2.75) is 38.9 Å². The van der Waals surface area contributed by atoms with Crippen molar-refractivity contribution in [1.29, 1.82) is 0 Å². The molecule has 7 heteroatoms. The van der Waals surface area contributed by atoms with Gasteiger partial charge in [0.2, 0.25) is 5.91 Å². The first kappa shape index (κ1) is 18.0. The Hall–Kier alpha value is -2.05. The smallest absolute Gasteiger partial charge is 0.416 e. The Morgan fingerprint density at radius 2 is 1.77 bits per heavy atom. The predicted octanol–water partition coefficient (Wildman–Crippen LogP) is 2.86. The van der Waals surface area contributed by atoms with Crippen molar-refractivity contribution >= 4 is 11.9 Å². The van der Waals surface area contributed by atoms with E-state index in [9.17, 15) is 22.8 Å². The van der Waals surface area contributed by atoms with Crippen LogP contribution in [0.1, 0.15) is 31.4 Å². The molecule has 2 atom stereocenters. The molecule has 0 aliphatic carbocycles. The van der Waals surface area contributed by atoms with Gasteiger partial charge in [-0.2, -0.15) is 13.2 Å². The predicted molar refractivity (Wildman–Crippen MR) is 74.2 cm³/mol. The maximum Gasteiger partial charge on any atom is 0.416 e. The summed E-state index contributed by atoms with van der Waals surface area (Å²) in [5.41, 5.74) is -0.404. The topological polar surface area (TPSA) is 66.4 Å². The molecular formula is C15H18F3NO3. The molecule has 0 radical (unpaired) electrons. The van der Waals surface area contributed by atoms with E-state index in [-0.39, 0.29) is 12.3 Å². The van der Waals surface area contributed by atoms with Gasteiger partial charge in [-0.3, -0.25) is 4.79 Å². The first-order valence-electron chi connectivity index (χ1n) is 6.83. The van der Waals surface area contributed by atoms with Gasteiger partial charge in [0.15, 0.2) is 0 Å². The Bertz CT molecular complexity index is 526. The highest BCUT2D eigenvalue weighted by molar-refractivity contribution is 5.85. The summed E-state index contributed by atoms with van der Waals surface area (Å²) < 4.78 is 37.3. The summed E-state index contributed by atoms with van der Waals surface area (Å²) in [4.78, 5) is 22.9. The zero-order valence-electron chi connectivity index (χ0n) is 12.3. The maximum atomic E-state index is 12.4. The van der Waals surface area contributed by atoms with Crippen LogP contribution >= 0.6 is 0 Å². The molecule has 2 N–H and O–H groups in total. The van der Waals surface area contributed by atoms with Crippen molar-refractivity contribution in [3.05, 3.63) is 35.4 Å². The highest BCUT2D eigenvalue weighted by Gasteiger charge is 2.30. The summed E-state index contributed by atoms with van der Waals surface area (Å²) in [6.45, 7) is 3.51. The lowest BCUT2D eigenvalue weighted by molar-refractivity contribution is -0.143. The quantitative estimate of drug-likeness (QED) is 0.848. The molecular weight excluding hydrogens is 299 g/mol. The van der Waals surface area contributed by atoms with E-state index in [1.807, 2.05) is 6.92 Å². The lowest BCUT2D eigenvalue weighted by Gasteiger charge is -2.20. The molecule has 4 nitrogen and oxygen atoms in total. The average Bonchev–Trinajstić information content (AvgIpc) is 2.43. The van der Waals surface area contributed by atoms with Gasteiger partial charge < -0.3 is 10.4 Å². The van der Waals surface area contributed by atoms with Crippen molar-refractivity contribution in [2.24, 2.45) is 5.92 Å². The Morgan fingerprint density at radius 3 is 2.18 bits per heavy atom. The van der Waals surface area contributed by atoms with Crippen LogP contribution in [0.2, 0.25) is 0 Å². The number of alkyl halides is 3. The molecule has 0 spiro atoms. The number of halogens is 3.